The zero-order valence-corrected chi connectivity index (χ0v) is 16.4. The minimum Gasteiger partial charge on any atom is -0.406 e. The van der Waals surface area contributed by atoms with E-state index in [0.717, 1.165) is 24.3 Å². The van der Waals surface area contributed by atoms with E-state index in [9.17, 15) is 31.2 Å². The molecule has 0 fully saturated rings. The Morgan fingerprint density at radius 2 is 1.50 bits per heavy atom. The van der Waals surface area contributed by atoms with Crippen LogP contribution in [0.15, 0.2) is 50.9 Å². The molecule has 0 bridgehead atoms. The second-order valence-electron chi connectivity index (χ2n) is 6.68. The highest BCUT2D eigenvalue weighted by atomic mass is 32.2. The van der Waals surface area contributed by atoms with Crippen LogP contribution in [0.4, 0.5) is 18.9 Å². The molecule has 0 saturated carbocycles. The summed E-state index contributed by atoms with van der Waals surface area (Å²) in [5.41, 5.74) is -1.05. The van der Waals surface area contributed by atoms with Crippen LogP contribution in [0.2, 0.25) is 0 Å². The van der Waals surface area contributed by atoms with Crippen molar-refractivity contribution in [2.75, 3.05) is 4.72 Å². The molecule has 8 nitrogen and oxygen atoms in total. The summed E-state index contributed by atoms with van der Waals surface area (Å²) in [7, 11) is -4.18. The fourth-order valence-electron chi connectivity index (χ4n) is 2.78. The Labute approximate surface area is 167 Å². The van der Waals surface area contributed by atoms with Gasteiger partial charge in [-0.3, -0.25) is 14.3 Å². The number of anilines is 1. The van der Waals surface area contributed by atoms with Crippen molar-refractivity contribution in [3.8, 4) is 5.75 Å². The van der Waals surface area contributed by atoms with Crippen LogP contribution in [0.1, 0.15) is 25.3 Å². The molecule has 0 radical (unpaired) electrons. The summed E-state index contributed by atoms with van der Waals surface area (Å²) in [4.78, 5) is 27.7. The number of nitrogens with one attached hydrogen (secondary N) is 3. The van der Waals surface area contributed by atoms with Gasteiger partial charge < -0.3 is 14.7 Å². The van der Waals surface area contributed by atoms with Crippen molar-refractivity contribution >= 4 is 26.7 Å². The number of hydrogen-bond donors (Lipinski definition) is 3. The van der Waals surface area contributed by atoms with Crippen LogP contribution in [-0.4, -0.2) is 24.7 Å². The molecule has 0 amide bonds. The number of hydrogen-bond acceptors (Lipinski definition) is 5. The Hall–Kier alpha value is -3.28. The van der Waals surface area contributed by atoms with Gasteiger partial charge in [0.1, 0.15) is 5.75 Å². The normalized spacial score (nSPS) is 12.3. The third-order valence-electron chi connectivity index (χ3n) is 4.10. The van der Waals surface area contributed by atoms with Crippen LogP contribution in [0.5, 0.6) is 5.75 Å². The largest absolute Gasteiger partial charge is 0.573 e. The number of aromatic amines is 2. The summed E-state index contributed by atoms with van der Waals surface area (Å²) in [6, 6.07) is 6.84. The van der Waals surface area contributed by atoms with E-state index in [2.05, 4.69) is 19.4 Å². The molecule has 160 valence electrons. The Morgan fingerprint density at radius 3 is 2.00 bits per heavy atom. The first kappa shape index (κ1) is 21.4. The predicted molar refractivity (Wildman–Crippen MR) is 103 cm³/mol. The van der Waals surface area contributed by atoms with E-state index in [-0.39, 0.29) is 27.5 Å². The van der Waals surface area contributed by atoms with E-state index in [4.69, 9.17) is 0 Å². The number of ether oxygens (including phenoxy) is 1. The zero-order valence-electron chi connectivity index (χ0n) is 15.6. The molecular formula is C18H16F3N3O5S. The van der Waals surface area contributed by atoms with Gasteiger partial charge in [0.15, 0.2) is 0 Å². The number of fused-ring (bicyclic) bond motifs is 1. The molecular weight excluding hydrogens is 427 g/mol. The van der Waals surface area contributed by atoms with Crippen molar-refractivity contribution in [1.82, 2.24) is 9.97 Å². The molecule has 0 aliphatic heterocycles. The summed E-state index contributed by atoms with van der Waals surface area (Å²) in [5, 5.41) is 0. The van der Waals surface area contributed by atoms with Gasteiger partial charge in [-0.1, -0.05) is 13.8 Å². The second-order valence-corrected chi connectivity index (χ2v) is 8.33. The third-order valence-corrected chi connectivity index (χ3v) is 5.54. The van der Waals surface area contributed by atoms with E-state index < -0.39 is 33.3 Å². The van der Waals surface area contributed by atoms with Crippen LogP contribution >= 0.6 is 0 Å². The number of benzene rings is 2. The first-order valence-electron chi connectivity index (χ1n) is 8.54. The van der Waals surface area contributed by atoms with Crippen LogP contribution < -0.4 is 20.6 Å². The Balaban J connectivity index is 2.02. The van der Waals surface area contributed by atoms with E-state index in [0.29, 0.717) is 5.56 Å². The number of sulfonamides is 1. The molecule has 0 spiro atoms. The van der Waals surface area contributed by atoms with Gasteiger partial charge in [-0.05, 0) is 47.9 Å². The lowest BCUT2D eigenvalue weighted by Crippen LogP contribution is -2.29. The highest BCUT2D eigenvalue weighted by molar-refractivity contribution is 7.92. The number of alkyl halides is 3. The number of rotatable bonds is 5. The van der Waals surface area contributed by atoms with Crippen molar-refractivity contribution in [1.29, 1.82) is 0 Å². The lowest BCUT2D eigenvalue weighted by Gasteiger charge is -2.16. The highest BCUT2D eigenvalue weighted by Gasteiger charge is 2.31. The maximum atomic E-state index is 12.9. The lowest BCUT2D eigenvalue weighted by molar-refractivity contribution is -0.274. The Kier molecular flexibility index (Phi) is 5.37. The van der Waals surface area contributed by atoms with Crippen LogP contribution in [0.3, 0.4) is 0 Å². The molecule has 0 aliphatic carbocycles. The van der Waals surface area contributed by atoms with E-state index in [1.807, 2.05) is 0 Å². The number of aromatic nitrogens is 2. The molecule has 3 rings (SSSR count). The van der Waals surface area contributed by atoms with Crippen molar-refractivity contribution < 1.29 is 26.3 Å². The van der Waals surface area contributed by atoms with Gasteiger partial charge in [-0.15, -0.1) is 13.2 Å². The zero-order chi connectivity index (χ0) is 22.3. The monoisotopic (exact) mass is 443 g/mol. The summed E-state index contributed by atoms with van der Waals surface area (Å²) in [6.45, 7) is 3.49. The fraction of sp³-hybridized carbons (Fsp3) is 0.222. The number of halogens is 3. The van der Waals surface area contributed by atoms with Gasteiger partial charge in [0.25, 0.3) is 10.0 Å². The molecule has 30 heavy (non-hydrogen) atoms. The van der Waals surface area contributed by atoms with E-state index >= 15 is 0 Å². The summed E-state index contributed by atoms with van der Waals surface area (Å²) in [5.74, 6) is -0.764. The first-order valence-corrected chi connectivity index (χ1v) is 10.0. The van der Waals surface area contributed by atoms with Crippen molar-refractivity contribution in [2.24, 2.45) is 0 Å². The first-order chi connectivity index (χ1) is 13.9. The predicted octanol–water partition coefficient (Wildman–Crippen LogP) is 3.04. The maximum Gasteiger partial charge on any atom is 0.573 e. The molecule has 0 saturated heterocycles. The summed E-state index contributed by atoms with van der Waals surface area (Å²) in [6.07, 6.45) is -4.86. The molecule has 3 N–H and O–H groups in total. The topological polar surface area (TPSA) is 121 Å². The van der Waals surface area contributed by atoms with Gasteiger partial charge in [-0.25, -0.2) is 8.42 Å². The Bertz CT molecular complexity index is 1310. The lowest BCUT2D eigenvalue weighted by atomic mass is 10.0. The molecule has 0 unspecified atom stereocenters. The second kappa shape index (κ2) is 7.52. The minimum atomic E-state index is -4.86. The Morgan fingerprint density at radius 1 is 0.967 bits per heavy atom. The quantitative estimate of drug-likeness (QED) is 0.524. The van der Waals surface area contributed by atoms with Crippen molar-refractivity contribution in [3.63, 3.8) is 0 Å². The molecule has 1 aromatic heterocycles. The average Bonchev–Trinajstić information content (AvgIpc) is 2.62. The maximum absolute atomic E-state index is 12.9. The van der Waals surface area contributed by atoms with Gasteiger partial charge in [0, 0.05) is 5.69 Å². The third kappa shape index (κ3) is 4.64. The smallest absolute Gasteiger partial charge is 0.406 e. The van der Waals surface area contributed by atoms with Gasteiger partial charge >= 0.3 is 17.5 Å². The van der Waals surface area contributed by atoms with Crippen LogP contribution in [0, 0.1) is 0 Å². The van der Waals surface area contributed by atoms with Gasteiger partial charge in [0.05, 0.1) is 15.9 Å². The van der Waals surface area contributed by atoms with Gasteiger partial charge in [0.2, 0.25) is 0 Å². The SMILES string of the molecule is CC(C)c1cc2[nH]c(=O)c(=O)[nH]c2cc1S(=O)(=O)Nc1ccc(OC(F)(F)F)cc1. The molecule has 3 aromatic rings. The molecule has 2 aromatic carbocycles. The van der Waals surface area contributed by atoms with Gasteiger partial charge in [-0.2, -0.15) is 0 Å². The minimum absolute atomic E-state index is 0.00860. The number of H-pyrrole nitrogens is 2. The molecule has 0 aliphatic rings. The molecule has 12 heteroatoms. The van der Waals surface area contributed by atoms with E-state index in [1.54, 1.807) is 13.8 Å². The van der Waals surface area contributed by atoms with Crippen molar-refractivity contribution in [2.45, 2.75) is 31.0 Å². The highest BCUT2D eigenvalue weighted by Crippen LogP contribution is 2.29. The average molecular weight is 443 g/mol. The van der Waals surface area contributed by atoms with Crippen molar-refractivity contribution in [3.05, 3.63) is 62.7 Å². The van der Waals surface area contributed by atoms with Crippen LogP contribution in [0.25, 0.3) is 11.0 Å². The van der Waals surface area contributed by atoms with E-state index in [1.165, 1.54) is 12.1 Å². The fourth-order valence-corrected chi connectivity index (χ4v) is 4.21. The molecule has 0 atom stereocenters. The summed E-state index contributed by atoms with van der Waals surface area (Å²) < 4.78 is 68.7. The molecule has 1 heterocycles. The summed E-state index contributed by atoms with van der Waals surface area (Å²) >= 11 is 0. The standard InChI is InChI=1S/C18H16F3N3O5S/c1-9(2)12-7-13-14(23-17(26)16(25)22-13)8-15(12)30(27,28)24-10-3-5-11(6-4-10)29-18(19,20)21/h3-9,24H,1-2H3,(H,22,25)(H,23,26). The van der Waals surface area contributed by atoms with Crippen LogP contribution in [-0.2, 0) is 10.0 Å².